The van der Waals surface area contributed by atoms with E-state index in [0.717, 1.165) is 18.5 Å². The van der Waals surface area contributed by atoms with Gasteiger partial charge in [0.25, 0.3) is 0 Å². The molecule has 1 aliphatic heterocycles. The van der Waals surface area contributed by atoms with Crippen molar-refractivity contribution in [2.24, 2.45) is 5.41 Å². The Balaban J connectivity index is 1.49. The van der Waals surface area contributed by atoms with Gasteiger partial charge in [0.05, 0.1) is 0 Å². The number of para-hydroxylation sites is 1. The Labute approximate surface area is 160 Å². The lowest BCUT2D eigenvalue weighted by atomic mass is 9.96. The number of carbonyl (C=O) groups excluding carboxylic acids is 2. The van der Waals surface area contributed by atoms with Crippen molar-refractivity contribution in [1.29, 1.82) is 0 Å². The van der Waals surface area contributed by atoms with Gasteiger partial charge in [-0.15, -0.1) is 0 Å². The third-order valence-corrected chi connectivity index (χ3v) is 5.03. The number of rotatable bonds is 5. The molecule has 0 unspecified atom stereocenters. The molecule has 1 aromatic heterocycles. The van der Waals surface area contributed by atoms with Crippen LogP contribution in [0.3, 0.4) is 0 Å². The van der Waals surface area contributed by atoms with Crippen LogP contribution in [0.2, 0.25) is 0 Å². The van der Waals surface area contributed by atoms with Crippen LogP contribution in [0.25, 0.3) is 16.5 Å². The molecule has 5 nitrogen and oxygen atoms in total. The van der Waals surface area contributed by atoms with Crippen LogP contribution < -0.4 is 5.32 Å². The fourth-order valence-corrected chi connectivity index (χ4v) is 3.34. The maximum Gasteiger partial charge on any atom is 0.225 e. The molecular weight excluding hydrogens is 338 g/mol. The summed E-state index contributed by atoms with van der Waals surface area (Å²) in [5.74, 6) is 0.188. The lowest BCUT2D eigenvalue weighted by molar-refractivity contribution is -0.131. The zero-order chi connectivity index (χ0) is 19.4. The number of amides is 2. The fraction of sp³-hybridized carbons (Fsp3) is 0.455. The van der Waals surface area contributed by atoms with Crippen LogP contribution in [-0.4, -0.2) is 41.3 Å². The van der Waals surface area contributed by atoms with Crippen molar-refractivity contribution >= 4 is 28.3 Å². The molecule has 0 fully saturated rings. The van der Waals surface area contributed by atoms with Gasteiger partial charge in [0, 0.05) is 54.1 Å². The SMILES string of the molecule is CC(C)(C)C(=O)NCCCC(=O)N1CC=C(c2c[nH]c3ccccc23)CC1. The van der Waals surface area contributed by atoms with Crippen molar-refractivity contribution in [2.75, 3.05) is 19.6 Å². The lowest BCUT2D eigenvalue weighted by Gasteiger charge is -2.26. The van der Waals surface area contributed by atoms with E-state index >= 15 is 0 Å². The maximum atomic E-state index is 12.4. The van der Waals surface area contributed by atoms with Crippen molar-refractivity contribution in [3.05, 3.63) is 42.1 Å². The Hall–Kier alpha value is -2.56. The average Bonchev–Trinajstić information content (AvgIpc) is 3.08. The monoisotopic (exact) mass is 367 g/mol. The number of aromatic amines is 1. The molecule has 1 aliphatic rings. The Morgan fingerprint density at radius 1 is 1.22 bits per heavy atom. The molecular formula is C22H29N3O2. The maximum absolute atomic E-state index is 12.4. The number of hydrogen-bond donors (Lipinski definition) is 2. The standard InChI is InChI=1S/C22H29N3O2/c1-22(2,3)21(27)23-12-6-9-20(26)25-13-10-16(11-14-25)18-15-24-19-8-5-4-7-17(18)19/h4-5,7-8,10,15,24H,6,9,11-14H2,1-3H3,(H,23,27). The van der Waals surface area contributed by atoms with E-state index in [0.29, 0.717) is 25.9 Å². The van der Waals surface area contributed by atoms with E-state index in [9.17, 15) is 9.59 Å². The topological polar surface area (TPSA) is 65.2 Å². The summed E-state index contributed by atoms with van der Waals surface area (Å²) < 4.78 is 0. The number of benzene rings is 1. The molecule has 0 aliphatic carbocycles. The van der Waals surface area contributed by atoms with Gasteiger partial charge in [-0.1, -0.05) is 45.0 Å². The smallest absolute Gasteiger partial charge is 0.225 e. The van der Waals surface area contributed by atoms with E-state index in [4.69, 9.17) is 0 Å². The molecule has 0 spiro atoms. The Morgan fingerprint density at radius 3 is 2.70 bits per heavy atom. The number of hydrogen-bond acceptors (Lipinski definition) is 2. The first-order valence-electron chi connectivity index (χ1n) is 9.68. The molecule has 2 N–H and O–H groups in total. The zero-order valence-corrected chi connectivity index (χ0v) is 16.5. The van der Waals surface area contributed by atoms with E-state index in [1.165, 1.54) is 16.5 Å². The summed E-state index contributed by atoms with van der Waals surface area (Å²) in [6.45, 7) is 7.61. The normalized spacial score (nSPS) is 14.9. The van der Waals surface area contributed by atoms with Gasteiger partial charge in [0.2, 0.25) is 11.8 Å². The number of aromatic nitrogens is 1. The molecule has 3 rings (SSSR count). The minimum Gasteiger partial charge on any atom is -0.361 e. The molecule has 0 atom stereocenters. The lowest BCUT2D eigenvalue weighted by Crippen LogP contribution is -2.37. The van der Waals surface area contributed by atoms with Crippen molar-refractivity contribution in [2.45, 2.75) is 40.0 Å². The molecule has 2 amide bonds. The van der Waals surface area contributed by atoms with Gasteiger partial charge < -0.3 is 15.2 Å². The van der Waals surface area contributed by atoms with Crippen LogP contribution in [0.4, 0.5) is 0 Å². The summed E-state index contributed by atoms with van der Waals surface area (Å²) in [6, 6.07) is 8.29. The summed E-state index contributed by atoms with van der Waals surface area (Å²) in [5, 5.41) is 4.13. The highest BCUT2D eigenvalue weighted by Crippen LogP contribution is 2.29. The molecule has 0 radical (unpaired) electrons. The largest absolute Gasteiger partial charge is 0.361 e. The van der Waals surface area contributed by atoms with Gasteiger partial charge in [-0.05, 0) is 24.5 Å². The van der Waals surface area contributed by atoms with Crippen LogP contribution in [0.5, 0.6) is 0 Å². The molecule has 27 heavy (non-hydrogen) atoms. The van der Waals surface area contributed by atoms with Gasteiger partial charge in [-0.3, -0.25) is 9.59 Å². The molecule has 0 saturated carbocycles. The highest BCUT2D eigenvalue weighted by Gasteiger charge is 2.21. The van der Waals surface area contributed by atoms with Crippen LogP contribution in [0.1, 0.15) is 45.6 Å². The molecule has 0 saturated heterocycles. The molecule has 2 heterocycles. The summed E-state index contributed by atoms with van der Waals surface area (Å²) in [7, 11) is 0. The van der Waals surface area contributed by atoms with Crippen LogP contribution in [-0.2, 0) is 9.59 Å². The second kappa shape index (κ2) is 7.99. The fourth-order valence-electron chi connectivity index (χ4n) is 3.34. The van der Waals surface area contributed by atoms with E-state index in [2.05, 4.69) is 40.8 Å². The second-order valence-corrected chi connectivity index (χ2v) is 8.18. The first kappa shape index (κ1) is 19.2. The van der Waals surface area contributed by atoms with Crippen molar-refractivity contribution in [3.8, 4) is 0 Å². The molecule has 0 bridgehead atoms. The highest BCUT2D eigenvalue weighted by atomic mass is 16.2. The van der Waals surface area contributed by atoms with Gasteiger partial charge in [-0.25, -0.2) is 0 Å². The number of nitrogens with zero attached hydrogens (tertiary/aromatic N) is 1. The molecule has 144 valence electrons. The minimum absolute atomic E-state index is 0.0271. The van der Waals surface area contributed by atoms with Crippen LogP contribution in [0.15, 0.2) is 36.5 Å². The summed E-state index contributed by atoms with van der Waals surface area (Å²) >= 11 is 0. The highest BCUT2D eigenvalue weighted by molar-refractivity contribution is 5.93. The van der Waals surface area contributed by atoms with Gasteiger partial charge in [0.1, 0.15) is 0 Å². The first-order valence-corrected chi connectivity index (χ1v) is 9.68. The van der Waals surface area contributed by atoms with Crippen molar-refractivity contribution < 1.29 is 9.59 Å². The Kier molecular flexibility index (Phi) is 5.68. The van der Waals surface area contributed by atoms with Crippen LogP contribution in [0, 0.1) is 5.41 Å². The second-order valence-electron chi connectivity index (χ2n) is 8.18. The average molecular weight is 367 g/mol. The number of fused-ring (bicyclic) bond motifs is 1. The number of H-pyrrole nitrogens is 1. The van der Waals surface area contributed by atoms with Crippen molar-refractivity contribution in [1.82, 2.24) is 15.2 Å². The molecule has 5 heteroatoms. The Morgan fingerprint density at radius 2 is 2.00 bits per heavy atom. The number of nitrogens with one attached hydrogen (secondary N) is 2. The van der Waals surface area contributed by atoms with E-state index in [1.54, 1.807) is 0 Å². The van der Waals surface area contributed by atoms with Crippen molar-refractivity contribution in [3.63, 3.8) is 0 Å². The van der Waals surface area contributed by atoms with Crippen LogP contribution >= 0.6 is 0 Å². The predicted octanol–water partition coefficient (Wildman–Crippen LogP) is 3.73. The predicted molar refractivity (Wildman–Crippen MR) is 109 cm³/mol. The molecule has 2 aromatic rings. The van der Waals surface area contributed by atoms with Gasteiger partial charge in [0.15, 0.2) is 0 Å². The van der Waals surface area contributed by atoms with E-state index < -0.39 is 0 Å². The van der Waals surface area contributed by atoms with E-state index in [1.807, 2.05) is 31.7 Å². The van der Waals surface area contributed by atoms with Gasteiger partial charge in [-0.2, -0.15) is 0 Å². The zero-order valence-electron chi connectivity index (χ0n) is 16.5. The van der Waals surface area contributed by atoms with Gasteiger partial charge >= 0.3 is 0 Å². The Bertz CT molecular complexity index is 858. The minimum atomic E-state index is -0.388. The number of carbonyl (C=O) groups is 2. The quantitative estimate of drug-likeness (QED) is 0.791. The van der Waals surface area contributed by atoms with E-state index in [-0.39, 0.29) is 17.2 Å². The summed E-state index contributed by atoms with van der Waals surface area (Å²) in [5.41, 5.74) is 3.29. The third kappa shape index (κ3) is 4.59. The molecule has 1 aromatic carbocycles. The summed E-state index contributed by atoms with van der Waals surface area (Å²) in [6.07, 6.45) is 6.25. The summed E-state index contributed by atoms with van der Waals surface area (Å²) in [4.78, 5) is 29.5. The first-order chi connectivity index (χ1) is 12.9. The third-order valence-electron chi connectivity index (χ3n) is 5.03.